The largest absolute Gasteiger partial charge is 0.356 e. The smallest absolute Gasteiger partial charge is 0.171 e. The first kappa shape index (κ1) is 17.5. The molecule has 2 rings (SSSR count). The van der Waals surface area contributed by atoms with Gasteiger partial charge in [0.15, 0.2) is 5.11 Å². The van der Waals surface area contributed by atoms with Gasteiger partial charge < -0.3 is 10.6 Å². The molecule has 23 heavy (non-hydrogen) atoms. The maximum absolute atomic E-state index is 5.54. The number of thiocarbonyl (C=S) groups is 1. The molecule has 0 unspecified atom stereocenters. The fourth-order valence-corrected chi connectivity index (χ4v) is 2.96. The number of rotatable bonds is 5. The Kier molecular flexibility index (Phi) is 6.17. The summed E-state index contributed by atoms with van der Waals surface area (Å²) in [5.41, 5.74) is 4.79. The topological polar surface area (TPSA) is 24.1 Å². The second-order valence-electron chi connectivity index (χ2n) is 6.51. The maximum atomic E-state index is 5.54. The summed E-state index contributed by atoms with van der Waals surface area (Å²) in [5, 5.41) is 7.48. The van der Waals surface area contributed by atoms with E-state index >= 15 is 0 Å². The molecule has 0 amide bonds. The zero-order chi connectivity index (χ0) is 16.8. The summed E-state index contributed by atoms with van der Waals surface area (Å²) in [4.78, 5) is 0. The molecule has 0 fully saturated rings. The lowest BCUT2D eigenvalue weighted by Crippen LogP contribution is -2.33. The lowest BCUT2D eigenvalue weighted by Gasteiger charge is -2.23. The molecule has 2 nitrogen and oxygen atoms in total. The Hall–Kier alpha value is -1.87. The van der Waals surface area contributed by atoms with Gasteiger partial charge in [-0.25, -0.2) is 0 Å². The molecule has 2 aromatic carbocycles. The van der Waals surface area contributed by atoms with Crippen molar-refractivity contribution in [2.75, 3.05) is 5.32 Å². The second kappa shape index (κ2) is 8.11. The molecule has 2 aromatic rings. The SMILES string of the molecule is Cc1ccc(NC(=S)N[C@H](CC(C)C)c2ccccc2)c(C)c1. The lowest BCUT2D eigenvalue weighted by molar-refractivity contribution is 0.481. The average molecular weight is 327 g/mol. The minimum atomic E-state index is 0.224. The van der Waals surface area contributed by atoms with E-state index in [1.165, 1.54) is 16.7 Å². The lowest BCUT2D eigenvalue weighted by atomic mass is 9.97. The Morgan fingerprint density at radius 3 is 2.35 bits per heavy atom. The molecular formula is C20H26N2S. The third kappa shape index (κ3) is 5.36. The third-order valence-corrected chi connectivity index (χ3v) is 4.06. The highest BCUT2D eigenvalue weighted by Crippen LogP contribution is 2.22. The van der Waals surface area contributed by atoms with Gasteiger partial charge >= 0.3 is 0 Å². The van der Waals surface area contributed by atoms with Crippen LogP contribution in [-0.4, -0.2) is 5.11 Å². The van der Waals surface area contributed by atoms with Crippen LogP contribution in [0.4, 0.5) is 5.69 Å². The summed E-state index contributed by atoms with van der Waals surface area (Å²) in [5.74, 6) is 0.594. The van der Waals surface area contributed by atoms with Gasteiger partial charge in [0.05, 0.1) is 6.04 Å². The van der Waals surface area contributed by atoms with E-state index in [4.69, 9.17) is 12.2 Å². The van der Waals surface area contributed by atoms with E-state index < -0.39 is 0 Å². The van der Waals surface area contributed by atoms with Crippen LogP contribution < -0.4 is 10.6 Å². The average Bonchev–Trinajstić information content (AvgIpc) is 2.50. The van der Waals surface area contributed by atoms with Gasteiger partial charge in [-0.15, -0.1) is 0 Å². The molecule has 0 bridgehead atoms. The van der Waals surface area contributed by atoms with E-state index in [0.717, 1.165) is 12.1 Å². The molecule has 0 aromatic heterocycles. The van der Waals surface area contributed by atoms with Crippen LogP contribution in [0.25, 0.3) is 0 Å². The van der Waals surface area contributed by atoms with Crippen LogP contribution in [0, 0.1) is 19.8 Å². The van der Waals surface area contributed by atoms with E-state index in [-0.39, 0.29) is 6.04 Å². The standard InChI is InChI=1S/C20H26N2S/c1-14(2)12-19(17-8-6-5-7-9-17)22-20(23)21-18-11-10-15(3)13-16(18)4/h5-11,13-14,19H,12H2,1-4H3,(H2,21,22,23)/t19-/m1/s1. The quantitative estimate of drug-likeness (QED) is 0.722. The molecule has 122 valence electrons. The number of nitrogens with one attached hydrogen (secondary N) is 2. The molecule has 2 N–H and O–H groups in total. The van der Waals surface area contributed by atoms with Crippen LogP contribution in [0.2, 0.25) is 0 Å². The molecule has 0 heterocycles. The van der Waals surface area contributed by atoms with Gasteiger partial charge in [-0.2, -0.15) is 0 Å². The van der Waals surface area contributed by atoms with Crippen LogP contribution in [-0.2, 0) is 0 Å². The van der Waals surface area contributed by atoms with Crippen LogP contribution in [0.15, 0.2) is 48.5 Å². The first-order valence-electron chi connectivity index (χ1n) is 8.15. The zero-order valence-corrected chi connectivity index (χ0v) is 15.2. The Labute approximate surface area is 145 Å². The first-order valence-corrected chi connectivity index (χ1v) is 8.56. The normalized spacial score (nSPS) is 12.0. The molecule has 0 spiro atoms. The Morgan fingerprint density at radius 2 is 1.74 bits per heavy atom. The number of aryl methyl sites for hydroxylation is 2. The highest BCUT2D eigenvalue weighted by molar-refractivity contribution is 7.80. The number of benzene rings is 2. The Balaban J connectivity index is 2.08. The van der Waals surface area contributed by atoms with Crippen LogP contribution in [0.3, 0.4) is 0 Å². The van der Waals surface area contributed by atoms with Gasteiger partial charge in [0.1, 0.15) is 0 Å². The van der Waals surface area contributed by atoms with Gasteiger partial charge in [0.25, 0.3) is 0 Å². The molecule has 1 atom stereocenters. The minimum Gasteiger partial charge on any atom is -0.356 e. The molecular weight excluding hydrogens is 300 g/mol. The highest BCUT2D eigenvalue weighted by Gasteiger charge is 2.14. The van der Waals surface area contributed by atoms with Crippen molar-refractivity contribution in [2.45, 2.75) is 40.2 Å². The minimum absolute atomic E-state index is 0.224. The van der Waals surface area contributed by atoms with Crippen molar-refractivity contribution in [3.8, 4) is 0 Å². The van der Waals surface area contributed by atoms with Gasteiger partial charge in [-0.05, 0) is 55.6 Å². The van der Waals surface area contributed by atoms with E-state index in [2.05, 4.69) is 80.8 Å². The number of hydrogen-bond donors (Lipinski definition) is 2. The van der Waals surface area contributed by atoms with E-state index in [1.807, 2.05) is 6.07 Å². The van der Waals surface area contributed by atoms with Gasteiger partial charge in [0.2, 0.25) is 0 Å². The van der Waals surface area contributed by atoms with Crippen molar-refractivity contribution in [1.82, 2.24) is 5.32 Å². The summed E-state index contributed by atoms with van der Waals surface area (Å²) in [7, 11) is 0. The summed E-state index contributed by atoms with van der Waals surface area (Å²) >= 11 is 5.54. The summed E-state index contributed by atoms with van der Waals surface area (Å²) in [6.45, 7) is 8.67. The molecule has 0 radical (unpaired) electrons. The third-order valence-electron chi connectivity index (χ3n) is 3.84. The molecule has 0 aliphatic heterocycles. The number of anilines is 1. The van der Waals surface area contributed by atoms with Crippen LogP contribution >= 0.6 is 12.2 Å². The van der Waals surface area contributed by atoms with E-state index in [1.54, 1.807) is 0 Å². The summed E-state index contributed by atoms with van der Waals surface area (Å²) in [6.07, 6.45) is 1.04. The Morgan fingerprint density at radius 1 is 1.04 bits per heavy atom. The Bertz CT molecular complexity index is 650. The molecule has 0 saturated heterocycles. The molecule has 0 saturated carbocycles. The predicted octanol–water partition coefficient (Wildman–Crippen LogP) is 5.38. The van der Waals surface area contributed by atoms with Crippen molar-refractivity contribution in [2.24, 2.45) is 5.92 Å². The number of hydrogen-bond acceptors (Lipinski definition) is 1. The van der Waals surface area contributed by atoms with Crippen LogP contribution in [0.1, 0.15) is 43.0 Å². The zero-order valence-electron chi connectivity index (χ0n) is 14.4. The molecule has 3 heteroatoms. The first-order chi connectivity index (χ1) is 11.0. The van der Waals surface area contributed by atoms with Crippen molar-refractivity contribution < 1.29 is 0 Å². The van der Waals surface area contributed by atoms with Gasteiger partial charge in [-0.3, -0.25) is 0 Å². The summed E-state index contributed by atoms with van der Waals surface area (Å²) < 4.78 is 0. The summed E-state index contributed by atoms with van der Waals surface area (Å²) in [6, 6.07) is 17.1. The van der Waals surface area contributed by atoms with Gasteiger partial charge in [0, 0.05) is 5.69 Å². The fourth-order valence-electron chi connectivity index (χ4n) is 2.71. The van der Waals surface area contributed by atoms with Crippen molar-refractivity contribution in [3.63, 3.8) is 0 Å². The van der Waals surface area contributed by atoms with Crippen molar-refractivity contribution in [1.29, 1.82) is 0 Å². The van der Waals surface area contributed by atoms with Gasteiger partial charge in [-0.1, -0.05) is 61.9 Å². The predicted molar refractivity (Wildman–Crippen MR) is 104 cm³/mol. The van der Waals surface area contributed by atoms with Crippen molar-refractivity contribution in [3.05, 3.63) is 65.2 Å². The van der Waals surface area contributed by atoms with E-state index in [9.17, 15) is 0 Å². The fraction of sp³-hybridized carbons (Fsp3) is 0.350. The molecule has 0 aliphatic carbocycles. The second-order valence-corrected chi connectivity index (χ2v) is 6.92. The van der Waals surface area contributed by atoms with E-state index in [0.29, 0.717) is 11.0 Å². The highest BCUT2D eigenvalue weighted by atomic mass is 32.1. The monoisotopic (exact) mass is 326 g/mol. The maximum Gasteiger partial charge on any atom is 0.171 e. The van der Waals surface area contributed by atoms with Crippen LogP contribution in [0.5, 0.6) is 0 Å². The molecule has 0 aliphatic rings. The van der Waals surface area contributed by atoms with Crippen molar-refractivity contribution >= 4 is 23.0 Å².